The standard InChI is InChI=1S/C13H10ClF/c14-12-6-4-10(5-7-12)8-11-2-1-3-13(15)9-11/h1-7,9H,8H2. The van der Waals surface area contributed by atoms with Crippen molar-refractivity contribution in [3.8, 4) is 0 Å². The molecule has 0 N–H and O–H groups in total. The SMILES string of the molecule is Fc1cccc(Cc2ccc(Cl)cc2)c1. The highest BCUT2D eigenvalue weighted by Gasteiger charge is 1.97. The molecule has 2 aromatic rings. The first-order valence-corrected chi connectivity index (χ1v) is 5.11. The second-order valence-corrected chi connectivity index (χ2v) is 3.87. The van der Waals surface area contributed by atoms with Gasteiger partial charge >= 0.3 is 0 Å². The average Bonchev–Trinajstić information content (AvgIpc) is 2.22. The zero-order valence-corrected chi connectivity index (χ0v) is 8.84. The van der Waals surface area contributed by atoms with E-state index in [9.17, 15) is 4.39 Å². The van der Waals surface area contributed by atoms with E-state index < -0.39 is 0 Å². The van der Waals surface area contributed by atoms with Crippen LogP contribution in [-0.2, 0) is 6.42 Å². The van der Waals surface area contributed by atoms with Gasteiger partial charge in [0.25, 0.3) is 0 Å². The lowest BCUT2D eigenvalue weighted by atomic mass is 10.1. The van der Waals surface area contributed by atoms with Gasteiger partial charge in [0, 0.05) is 5.02 Å². The lowest BCUT2D eigenvalue weighted by Gasteiger charge is -2.02. The number of halogens is 2. The maximum Gasteiger partial charge on any atom is 0.123 e. The van der Waals surface area contributed by atoms with E-state index in [0.717, 1.165) is 22.6 Å². The van der Waals surface area contributed by atoms with Crippen molar-refractivity contribution in [1.82, 2.24) is 0 Å². The molecule has 0 amide bonds. The fraction of sp³-hybridized carbons (Fsp3) is 0.0769. The van der Waals surface area contributed by atoms with Gasteiger partial charge in [0.15, 0.2) is 0 Å². The molecular weight excluding hydrogens is 211 g/mol. The van der Waals surface area contributed by atoms with Gasteiger partial charge in [-0.05, 0) is 41.8 Å². The fourth-order valence-electron chi connectivity index (χ4n) is 1.48. The van der Waals surface area contributed by atoms with Crippen molar-refractivity contribution in [2.45, 2.75) is 6.42 Å². The van der Waals surface area contributed by atoms with Crippen LogP contribution in [0.2, 0.25) is 5.02 Å². The molecule has 0 unspecified atom stereocenters. The lowest BCUT2D eigenvalue weighted by molar-refractivity contribution is 0.626. The summed E-state index contributed by atoms with van der Waals surface area (Å²) in [6.45, 7) is 0. The third kappa shape index (κ3) is 2.80. The molecule has 0 aliphatic carbocycles. The van der Waals surface area contributed by atoms with Crippen LogP contribution in [0.25, 0.3) is 0 Å². The first-order chi connectivity index (χ1) is 7.24. The van der Waals surface area contributed by atoms with E-state index in [1.165, 1.54) is 6.07 Å². The molecule has 0 atom stereocenters. The summed E-state index contributed by atoms with van der Waals surface area (Å²) in [5, 5.41) is 0.720. The largest absolute Gasteiger partial charge is 0.207 e. The normalized spacial score (nSPS) is 10.3. The predicted molar refractivity (Wildman–Crippen MR) is 60.7 cm³/mol. The third-order valence-corrected chi connectivity index (χ3v) is 2.46. The summed E-state index contributed by atoms with van der Waals surface area (Å²) < 4.78 is 12.9. The smallest absolute Gasteiger partial charge is 0.123 e. The molecule has 2 aromatic carbocycles. The third-order valence-electron chi connectivity index (χ3n) is 2.21. The highest BCUT2D eigenvalue weighted by atomic mass is 35.5. The van der Waals surface area contributed by atoms with Crippen molar-refractivity contribution in [3.63, 3.8) is 0 Å². The Hall–Kier alpha value is -1.34. The topological polar surface area (TPSA) is 0 Å². The summed E-state index contributed by atoms with van der Waals surface area (Å²) in [4.78, 5) is 0. The summed E-state index contributed by atoms with van der Waals surface area (Å²) in [6, 6.07) is 14.2. The van der Waals surface area contributed by atoms with Gasteiger partial charge in [-0.3, -0.25) is 0 Å². The van der Waals surface area contributed by atoms with Crippen LogP contribution in [0.3, 0.4) is 0 Å². The Kier molecular flexibility index (Phi) is 3.02. The molecule has 0 spiro atoms. The molecule has 2 heteroatoms. The Balaban J connectivity index is 2.18. The summed E-state index contributed by atoms with van der Waals surface area (Å²) >= 11 is 5.78. The van der Waals surface area contributed by atoms with E-state index in [-0.39, 0.29) is 5.82 Å². The van der Waals surface area contributed by atoms with Gasteiger partial charge in [-0.25, -0.2) is 4.39 Å². The van der Waals surface area contributed by atoms with Crippen molar-refractivity contribution in [2.75, 3.05) is 0 Å². The van der Waals surface area contributed by atoms with Gasteiger partial charge < -0.3 is 0 Å². The predicted octanol–water partition coefficient (Wildman–Crippen LogP) is 4.07. The van der Waals surface area contributed by atoms with E-state index in [4.69, 9.17) is 11.6 Å². The number of hydrogen-bond donors (Lipinski definition) is 0. The highest BCUT2D eigenvalue weighted by molar-refractivity contribution is 6.30. The minimum absolute atomic E-state index is 0.193. The Morgan fingerprint density at radius 1 is 0.933 bits per heavy atom. The average molecular weight is 221 g/mol. The molecule has 0 fully saturated rings. The number of hydrogen-bond acceptors (Lipinski definition) is 0. The van der Waals surface area contributed by atoms with E-state index in [0.29, 0.717) is 0 Å². The zero-order chi connectivity index (χ0) is 10.7. The Labute approximate surface area is 93.3 Å². The van der Waals surface area contributed by atoms with Crippen LogP contribution in [0, 0.1) is 5.82 Å². The van der Waals surface area contributed by atoms with E-state index in [1.807, 2.05) is 30.3 Å². The Morgan fingerprint density at radius 3 is 2.33 bits per heavy atom. The van der Waals surface area contributed by atoms with Crippen LogP contribution in [0.5, 0.6) is 0 Å². The molecule has 0 aliphatic rings. The van der Waals surface area contributed by atoms with Crippen LogP contribution in [0.4, 0.5) is 4.39 Å². The van der Waals surface area contributed by atoms with Crippen molar-refractivity contribution in [3.05, 3.63) is 70.5 Å². The second-order valence-electron chi connectivity index (χ2n) is 3.43. The van der Waals surface area contributed by atoms with Gasteiger partial charge in [-0.2, -0.15) is 0 Å². The molecule has 0 aromatic heterocycles. The molecule has 0 aliphatic heterocycles. The minimum atomic E-state index is -0.193. The van der Waals surface area contributed by atoms with Crippen LogP contribution >= 0.6 is 11.6 Å². The quantitative estimate of drug-likeness (QED) is 0.716. The van der Waals surface area contributed by atoms with Crippen LogP contribution in [0.1, 0.15) is 11.1 Å². The summed E-state index contributed by atoms with van der Waals surface area (Å²) in [5.41, 5.74) is 2.10. The Morgan fingerprint density at radius 2 is 1.67 bits per heavy atom. The van der Waals surface area contributed by atoms with Crippen LogP contribution in [-0.4, -0.2) is 0 Å². The summed E-state index contributed by atoms with van der Waals surface area (Å²) in [6.07, 6.45) is 0.731. The highest BCUT2D eigenvalue weighted by Crippen LogP contribution is 2.14. The van der Waals surface area contributed by atoms with Gasteiger partial charge in [0.05, 0.1) is 0 Å². The first kappa shape index (κ1) is 10.2. The molecule has 0 saturated carbocycles. The number of rotatable bonds is 2. The van der Waals surface area contributed by atoms with Crippen molar-refractivity contribution in [2.24, 2.45) is 0 Å². The molecule has 15 heavy (non-hydrogen) atoms. The maximum atomic E-state index is 12.9. The van der Waals surface area contributed by atoms with Gasteiger partial charge in [0.2, 0.25) is 0 Å². The minimum Gasteiger partial charge on any atom is -0.207 e. The van der Waals surface area contributed by atoms with Crippen molar-refractivity contribution >= 4 is 11.6 Å². The summed E-state index contributed by atoms with van der Waals surface area (Å²) in [7, 11) is 0. The molecule has 0 saturated heterocycles. The molecule has 0 radical (unpaired) electrons. The monoisotopic (exact) mass is 220 g/mol. The van der Waals surface area contributed by atoms with E-state index >= 15 is 0 Å². The molecule has 0 heterocycles. The molecular formula is C13H10ClF. The first-order valence-electron chi connectivity index (χ1n) is 4.73. The molecule has 76 valence electrons. The molecule has 0 nitrogen and oxygen atoms in total. The van der Waals surface area contributed by atoms with Gasteiger partial charge in [-0.15, -0.1) is 0 Å². The van der Waals surface area contributed by atoms with E-state index in [2.05, 4.69) is 0 Å². The van der Waals surface area contributed by atoms with E-state index in [1.54, 1.807) is 12.1 Å². The maximum absolute atomic E-state index is 12.9. The van der Waals surface area contributed by atoms with Gasteiger partial charge in [-0.1, -0.05) is 35.9 Å². The fourth-order valence-corrected chi connectivity index (χ4v) is 1.61. The summed E-state index contributed by atoms with van der Waals surface area (Å²) in [5.74, 6) is -0.193. The number of benzene rings is 2. The second kappa shape index (κ2) is 4.45. The van der Waals surface area contributed by atoms with Crippen LogP contribution in [0.15, 0.2) is 48.5 Å². The lowest BCUT2D eigenvalue weighted by Crippen LogP contribution is -1.88. The van der Waals surface area contributed by atoms with Crippen molar-refractivity contribution in [1.29, 1.82) is 0 Å². The zero-order valence-electron chi connectivity index (χ0n) is 8.08. The molecule has 2 rings (SSSR count). The van der Waals surface area contributed by atoms with Crippen LogP contribution < -0.4 is 0 Å². The van der Waals surface area contributed by atoms with Gasteiger partial charge in [0.1, 0.15) is 5.82 Å². The molecule has 0 bridgehead atoms. The Bertz CT molecular complexity index is 448. The van der Waals surface area contributed by atoms with Crippen molar-refractivity contribution < 1.29 is 4.39 Å².